The number of nitrogens with zero attached hydrogens (tertiary/aromatic N) is 3. The minimum absolute atomic E-state index is 0.0282. The Morgan fingerprint density at radius 1 is 1.15 bits per heavy atom. The Hall–Kier alpha value is -3.46. The number of nitro benzene ring substituents is 1. The molecular weight excluding hydrogens is 440 g/mol. The minimum Gasteiger partial charge on any atom is -0.320 e. The van der Waals surface area contributed by atoms with Gasteiger partial charge in [-0.1, -0.05) is 47.7 Å². The second-order valence-corrected chi connectivity index (χ2v) is 8.78. The SMILES string of the molecule is O=C(CSc1nc2ccccc2c(=O)n1CCC1=CCCCC1)Nc1ccccc1[N+](=O)[O-]. The highest BCUT2D eigenvalue weighted by Crippen LogP contribution is 2.25. The van der Waals surface area contributed by atoms with E-state index >= 15 is 0 Å². The fraction of sp³-hybridized carbons (Fsp3) is 0.292. The maximum Gasteiger partial charge on any atom is 0.292 e. The van der Waals surface area contributed by atoms with E-state index in [2.05, 4.69) is 16.4 Å². The maximum absolute atomic E-state index is 13.2. The van der Waals surface area contributed by atoms with Gasteiger partial charge in [0.05, 0.1) is 21.6 Å². The van der Waals surface area contributed by atoms with Crippen LogP contribution in [0.2, 0.25) is 0 Å². The number of benzene rings is 2. The molecule has 1 aliphatic rings. The van der Waals surface area contributed by atoms with E-state index in [9.17, 15) is 19.7 Å². The Labute approximate surface area is 194 Å². The van der Waals surface area contributed by atoms with Crippen molar-refractivity contribution >= 4 is 39.9 Å². The number of para-hydroxylation sites is 3. The third-order valence-electron chi connectivity index (χ3n) is 5.58. The van der Waals surface area contributed by atoms with Crippen LogP contribution in [0.25, 0.3) is 10.9 Å². The van der Waals surface area contributed by atoms with Gasteiger partial charge in [0.15, 0.2) is 5.16 Å². The average Bonchev–Trinajstić information content (AvgIpc) is 2.83. The molecule has 0 spiro atoms. The number of allylic oxidation sites excluding steroid dienone is 2. The van der Waals surface area contributed by atoms with Gasteiger partial charge in [-0.15, -0.1) is 0 Å². The van der Waals surface area contributed by atoms with Crippen LogP contribution >= 0.6 is 11.8 Å². The smallest absolute Gasteiger partial charge is 0.292 e. The van der Waals surface area contributed by atoms with Crippen molar-refractivity contribution < 1.29 is 9.72 Å². The molecule has 0 aliphatic heterocycles. The van der Waals surface area contributed by atoms with Crippen LogP contribution in [-0.2, 0) is 11.3 Å². The number of hydrogen-bond donors (Lipinski definition) is 1. The van der Waals surface area contributed by atoms with Crippen molar-refractivity contribution in [3.63, 3.8) is 0 Å². The van der Waals surface area contributed by atoms with Crippen molar-refractivity contribution in [3.05, 3.63) is 80.6 Å². The van der Waals surface area contributed by atoms with Crippen LogP contribution in [0.3, 0.4) is 0 Å². The molecule has 0 radical (unpaired) electrons. The van der Waals surface area contributed by atoms with Crippen molar-refractivity contribution in [2.45, 2.75) is 43.8 Å². The number of thioether (sulfide) groups is 1. The lowest BCUT2D eigenvalue weighted by molar-refractivity contribution is -0.383. The Morgan fingerprint density at radius 2 is 1.94 bits per heavy atom. The molecule has 0 bridgehead atoms. The summed E-state index contributed by atoms with van der Waals surface area (Å²) in [5, 5.41) is 14.8. The third kappa shape index (κ3) is 5.48. The van der Waals surface area contributed by atoms with Gasteiger partial charge in [0.1, 0.15) is 5.69 Å². The van der Waals surface area contributed by atoms with Crippen LogP contribution in [0, 0.1) is 10.1 Å². The number of fused-ring (bicyclic) bond motifs is 1. The molecular formula is C24H24N4O4S. The zero-order chi connectivity index (χ0) is 23.2. The zero-order valence-electron chi connectivity index (χ0n) is 18.0. The van der Waals surface area contributed by atoms with Gasteiger partial charge in [-0.05, 0) is 50.3 Å². The fourth-order valence-corrected chi connectivity index (χ4v) is 4.72. The normalized spacial score (nSPS) is 13.5. The highest BCUT2D eigenvalue weighted by molar-refractivity contribution is 7.99. The minimum atomic E-state index is -0.536. The monoisotopic (exact) mass is 464 g/mol. The van der Waals surface area contributed by atoms with Crippen molar-refractivity contribution in [2.24, 2.45) is 0 Å². The summed E-state index contributed by atoms with van der Waals surface area (Å²) >= 11 is 1.15. The van der Waals surface area contributed by atoms with Gasteiger partial charge >= 0.3 is 0 Å². The van der Waals surface area contributed by atoms with Crippen LogP contribution in [0.1, 0.15) is 32.1 Å². The molecule has 1 amide bonds. The highest BCUT2D eigenvalue weighted by atomic mass is 32.2. The van der Waals surface area contributed by atoms with E-state index in [1.54, 1.807) is 28.8 Å². The Bertz CT molecular complexity index is 1280. The first-order valence-corrected chi connectivity index (χ1v) is 11.8. The first-order valence-electron chi connectivity index (χ1n) is 10.9. The number of nitro groups is 1. The molecule has 1 N–H and O–H groups in total. The first-order chi connectivity index (χ1) is 16.0. The predicted molar refractivity (Wildman–Crippen MR) is 130 cm³/mol. The number of amides is 1. The summed E-state index contributed by atoms with van der Waals surface area (Å²) in [6, 6.07) is 13.2. The largest absolute Gasteiger partial charge is 0.320 e. The molecule has 9 heteroatoms. The molecule has 0 atom stereocenters. The number of carbonyl (C=O) groups is 1. The van der Waals surface area contributed by atoms with Crippen molar-refractivity contribution in [3.8, 4) is 0 Å². The van der Waals surface area contributed by atoms with Crippen molar-refractivity contribution in [1.29, 1.82) is 0 Å². The van der Waals surface area contributed by atoms with Gasteiger partial charge < -0.3 is 5.32 Å². The van der Waals surface area contributed by atoms with Crippen LogP contribution in [-0.4, -0.2) is 26.1 Å². The summed E-state index contributed by atoms with van der Waals surface area (Å²) in [5.74, 6) is -0.433. The Kier molecular flexibility index (Phi) is 7.19. The molecule has 1 heterocycles. The summed E-state index contributed by atoms with van der Waals surface area (Å²) in [5.41, 5.74) is 1.78. The molecule has 2 aromatic carbocycles. The summed E-state index contributed by atoms with van der Waals surface area (Å²) in [4.78, 5) is 41.0. The van der Waals surface area contributed by atoms with Crippen LogP contribution in [0.15, 0.2) is 70.1 Å². The lowest BCUT2D eigenvalue weighted by atomic mass is 9.97. The molecule has 0 saturated carbocycles. The standard InChI is InChI=1S/C24H24N4O4S/c29-22(25-20-12-6-7-13-21(20)28(31)32)16-33-24-26-19-11-5-4-10-18(19)23(30)27(24)15-14-17-8-2-1-3-9-17/h4-8,10-13H,1-3,9,14-16H2,(H,25,29). The van der Waals surface area contributed by atoms with Crippen LogP contribution in [0.4, 0.5) is 11.4 Å². The van der Waals surface area contributed by atoms with Gasteiger partial charge in [-0.3, -0.25) is 24.3 Å². The highest BCUT2D eigenvalue weighted by Gasteiger charge is 2.17. The molecule has 3 aromatic rings. The lowest BCUT2D eigenvalue weighted by Gasteiger charge is -2.16. The predicted octanol–water partition coefficient (Wildman–Crippen LogP) is 4.93. The molecule has 1 aromatic heterocycles. The Balaban J connectivity index is 1.54. The van der Waals surface area contributed by atoms with Crippen LogP contribution < -0.4 is 10.9 Å². The number of aromatic nitrogens is 2. The number of nitrogens with one attached hydrogen (secondary N) is 1. The number of anilines is 1. The van der Waals surface area contributed by atoms with Crippen LogP contribution in [0.5, 0.6) is 0 Å². The lowest BCUT2D eigenvalue weighted by Crippen LogP contribution is -2.24. The van der Waals surface area contributed by atoms with E-state index in [4.69, 9.17) is 0 Å². The van der Waals surface area contributed by atoms with Crippen molar-refractivity contribution in [1.82, 2.24) is 9.55 Å². The zero-order valence-corrected chi connectivity index (χ0v) is 18.8. The van der Waals surface area contributed by atoms with Crippen molar-refractivity contribution in [2.75, 3.05) is 11.1 Å². The van der Waals surface area contributed by atoms with E-state index in [1.165, 1.54) is 30.5 Å². The Morgan fingerprint density at radius 3 is 2.73 bits per heavy atom. The number of hydrogen-bond acceptors (Lipinski definition) is 6. The molecule has 4 rings (SSSR count). The number of rotatable bonds is 8. The summed E-state index contributed by atoms with van der Waals surface area (Å²) < 4.78 is 1.64. The maximum atomic E-state index is 13.2. The third-order valence-corrected chi connectivity index (χ3v) is 6.55. The molecule has 170 valence electrons. The first kappa shape index (κ1) is 22.7. The average molecular weight is 465 g/mol. The van der Waals surface area contributed by atoms with E-state index in [1.807, 2.05) is 12.1 Å². The van der Waals surface area contributed by atoms with Gasteiger partial charge in [-0.2, -0.15) is 0 Å². The van der Waals surface area contributed by atoms with E-state index in [0.717, 1.165) is 31.0 Å². The van der Waals surface area contributed by atoms with E-state index in [-0.39, 0.29) is 22.7 Å². The quantitative estimate of drug-likeness (QED) is 0.167. The number of carbonyl (C=O) groups excluding carboxylic acids is 1. The summed E-state index contributed by atoms with van der Waals surface area (Å²) in [7, 11) is 0. The van der Waals surface area contributed by atoms with Gasteiger partial charge in [-0.25, -0.2) is 4.98 Å². The second kappa shape index (κ2) is 10.4. The molecule has 0 unspecified atom stereocenters. The van der Waals surface area contributed by atoms with E-state index in [0.29, 0.717) is 22.6 Å². The molecule has 1 aliphatic carbocycles. The molecule has 8 nitrogen and oxygen atoms in total. The fourth-order valence-electron chi connectivity index (χ4n) is 3.90. The van der Waals surface area contributed by atoms with Gasteiger partial charge in [0.2, 0.25) is 5.91 Å². The molecule has 0 saturated heterocycles. The van der Waals surface area contributed by atoms with E-state index < -0.39 is 10.8 Å². The summed E-state index contributed by atoms with van der Waals surface area (Å²) in [6.45, 7) is 0.497. The second-order valence-electron chi connectivity index (χ2n) is 7.84. The summed E-state index contributed by atoms with van der Waals surface area (Å²) in [6.07, 6.45) is 7.54. The topological polar surface area (TPSA) is 107 Å². The van der Waals surface area contributed by atoms with Gasteiger partial charge in [0, 0.05) is 12.6 Å². The van der Waals surface area contributed by atoms with Gasteiger partial charge in [0.25, 0.3) is 11.2 Å². The molecule has 33 heavy (non-hydrogen) atoms. The molecule has 0 fully saturated rings.